The number of piperazine rings is 1. The Hall–Kier alpha value is -2.49. The summed E-state index contributed by atoms with van der Waals surface area (Å²) in [4.78, 5) is 16.7. The quantitative estimate of drug-likeness (QED) is 0.833. The number of carbonyl (C=O) groups is 1. The summed E-state index contributed by atoms with van der Waals surface area (Å²) in [5, 5.41) is 3.06. The molecule has 0 bridgehead atoms. The number of hydrogen-bond donors (Lipinski definition) is 1. The van der Waals surface area contributed by atoms with Gasteiger partial charge in [0.15, 0.2) is 0 Å². The number of amides is 2. The number of hydrogen-bond acceptors (Lipinski definition) is 2. The average Bonchev–Trinajstić information content (AvgIpc) is 2.66. The summed E-state index contributed by atoms with van der Waals surface area (Å²) in [5.74, 6) is 0. The molecular weight excluding hydrogens is 322 g/mol. The van der Waals surface area contributed by atoms with Gasteiger partial charge >= 0.3 is 6.03 Å². The van der Waals surface area contributed by atoms with Crippen molar-refractivity contribution in [3.63, 3.8) is 0 Å². The molecule has 0 atom stereocenters. The van der Waals surface area contributed by atoms with E-state index in [0.29, 0.717) is 0 Å². The Labute approximate surface area is 156 Å². The second-order valence-electron chi connectivity index (χ2n) is 7.09. The normalized spacial score (nSPS) is 14.4. The van der Waals surface area contributed by atoms with E-state index in [4.69, 9.17) is 0 Å². The molecule has 0 spiro atoms. The summed E-state index contributed by atoms with van der Waals surface area (Å²) in [6, 6.07) is 17.1. The smallest absolute Gasteiger partial charge is 0.317 e. The molecule has 0 radical (unpaired) electrons. The number of anilines is 1. The predicted molar refractivity (Wildman–Crippen MR) is 108 cm³/mol. The Morgan fingerprint density at radius 3 is 2.42 bits per heavy atom. The Bertz CT molecular complexity index is 721. The summed E-state index contributed by atoms with van der Waals surface area (Å²) in [6.45, 7) is 8.34. The molecule has 1 aliphatic rings. The number of carbonyl (C=O) groups excluding carboxylic acids is 1. The van der Waals surface area contributed by atoms with Gasteiger partial charge in [-0.1, -0.05) is 48.0 Å². The van der Waals surface area contributed by atoms with Gasteiger partial charge in [0.1, 0.15) is 0 Å². The average molecular weight is 351 g/mol. The summed E-state index contributed by atoms with van der Waals surface area (Å²) in [6.07, 6.45) is 1.97. The van der Waals surface area contributed by atoms with Crippen LogP contribution in [0.4, 0.5) is 10.5 Å². The molecule has 0 unspecified atom stereocenters. The van der Waals surface area contributed by atoms with Gasteiger partial charge in [-0.15, -0.1) is 0 Å². The SMILES string of the molecule is Cc1ccc(N2CCN(C(=O)NCCCc3ccccc3)CC2)c(C)c1. The molecule has 1 aliphatic heterocycles. The summed E-state index contributed by atoms with van der Waals surface area (Å²) < 4.78 is 0. The van der Waals surface area contributed by atoms with Gasteiger partial charge in [-0.2, -0.15) is 0 Å². The highest BCUT2D eigenvalue weighted by molar-refractivity contribution is 5.74. The molecule has 0 aliphatic carbocycles. The third-order valence-electron chi connectivity index (χ3n) is 5.02. The van der Waals surface area contributed by atoms with E-state index in [-0.39, 0.29) is 6.03 Å². The molecule has 26 heavy (non-hydrogen) atoms. The van der Waals surface area contributed by atoms with E-state index in [2.05, 4.69) is 66.5 Å². The summed E-state index contributed by atoms with van der Waals surface area (Å²) in [7, 11) is 0. The van der Waals surface area contributed by atoms with Gasteiger partial charge in [0.2, 0.25) is 0 Å². The van der Waals surface area contributed by atoms with E-state index in [1.54, 1.807) is 0 Å². The number of benzene rings is 2. The molecule has 2 aromatic rings. The second-order valence-corrected chi connectivity index (χ2v) is 7.09. The van der Waals surface area contributed by atoms with E-state index in [0.717, 1.165) is 45.6 Å². The lowest BCUT2D eigenvalue weighted by molar-refractivity contribution is 0.194. The van der Waals surface area contributed by atoms with Crippen molar-refractivity contribution in [2.45, 2.75) is 26.7 Å². The Morgan fingerprint density at radius 1 is 1.00 bits per heavy atom. The maximum atomic E-state index is 12.4. The van der Waals surface area contributed by atoms with Crippen molar-refractivity contribution in [3.05, 3.63) is 65.2 Å². The van der Waals surface area contributed by atoms with Crippen LogP contribution in [-0.2, 0) is 6.42 Å². The lowest BCUT2D eigenvalue weighted by atomic mass is 10.1. The van der Waals surface area contributed by atoms with Gasteiger partial charge in [0.05, 0.1) is 0 Å². The van der Waals surface area contributed by atoms with Crippen LogP contribution in [-0.4, -0.2) is 43.7 Å². The lowest BCUT2D eigenvalue weighted by Gasteiger charge is -2.36. The molecular formula is C22H29N3O. The highest BCUT2D eigenvalue weighted by atomic mass is 16.2. The van der Waals surface area contributed by atoms with Crippen LogP contribution in [0.3, 0.4) is 0 Å². The van der Waals surface area contributed by atoms with E-state index >= 15 is 0 Å². The molecule has 1 fully saturated rings. The second kappa shape index (κ2) is 8.75. The minimum atomic E-state index is 0.0679. The third kappa shape index (κ3) is 4.78. The van der Waals surface area contributed by atoms with Crippen LogP contribution in [0.5, 0.6) is 0 Å². The van der Waals surface area contributed by atoms with Crippen LogP contribution >= 0.6 is 0 Å². The number of rotatable bonds is 5. The zero-order valence-electron chi connectivity index (χ0n) is 15.9. The minimum absolute atomic E-state index is 0.0679. The van der Waals surface area contributed by atoms with Gasteiger partial charge in [0.25, 0.3) is 0 Å². The molecule has 1 N–H and O–H groups in total. The maximum Gasteiger partial charge on any atom is 0.317 e. The van der Waals surface area contributed by atoms with Gasteiger partial charge in [0, 0.05) is 38.4 Å². The Kier molecular flexibility index (Phi) is 6.16. The van der Waals surface area contributed by atoms with E-state index in [1.807, 2.05) is 11.0 Å². The van der Waals surface area contributed by atoms with Crippen molar-refractivity contribution in [2.75, 3.05) is 37.6 Å². The monoisotopic (exact) mass is 351 g/mol. The van der Waals surface area contributed by atoms with Crippen LogP contribution in [0.25, 0.3) is 0 Å². The molecule has 2 amide bonds. The van der Waals surface area contributed by atoms with Crippen molar-refractivity contribution in [2.24, 2.45) is 0 Å². The molecule has 0 saturated carbocycles. The van der Waals surface area contributed by atoms with Crippen molar-refractivity contribution in [3.8, 4) is 0 Å². The summed E-state index contributed by atoms with van der Waals surface area (Å²) >= 11 is 0. The van der Waals surface area contributed by atoms with Crippen molar-refractivity contribution >= 4 is 11.7 Å². The van der Waals surface area contributed by atoms with E-state index in [9.17, 15) is 4.79 Å². The van der Waals surface area contributed by atoms with Crippen LogP contribution in [0, 0.1) is 13.8 Å². The van der Waals surface area contributed by atoms with Crippen molar-refractivity contribution in [1.82, 2.24) is 10.2 Å². The van der Waals surface area contributed by atoms with Crippen molar-refractivity contribution in [1.29, 1.82) is 0 Å². The number of nitrogens with zero attached hydrogens (tertiary/aromatic N) is 2. The van der Waals surface area contributed by atoms with Crippen LogP contribution < -0.4 is 10.2 Å². The van der Waals surface area contributed by atoms with E-state index < -0.39 is 0 Å². The molecule has 4 nitrogen and oxygen atoms in total. The predicted octanol–water partition coefficient (Wildman–Crippen LogP) is 3.77. The largest absolute Gasteiger partial charge is 0.368 e. The topological polar surface area (TPSA) is 35.6 Å². The standard InChI is InChI=1S/C22H29N3O/c1-18-10-11-21(19(2)17-18)24-13-15-25(16-14-24)22(26)23-12-6-9-20-7-4-3-5-8-20/h3-5,7-8,10-11,17H,6,9,12-16H2,1-2H3,(H,23,26). The molecule has 2 aromatic carbocycles. The first-order valence-electron chi connectivity index (χ1n) is 9.52. The Balaban J connectivity index is 1.40. The first-order valence-corrected chi connectivity index (χ1v) is 9.52. The fraction of sp³-hybridized carbons (Fsp3) is 0.409. The maximum absolute atomic E-state index is 12.4. The van der Waals surface area contributed by atoms with Gasteiger partial charge in [-0.25, -0.2) is 4.79 Å². The molecule has 3 rings (SSSR count). The fourth-order valence-corrected chi connectivity index (χ4v) is 3.55. The highest BCUT2D eigenvalue weighted by Gasteiger charge is 2.21. The number of nitrogens with one attached hydrogen (secondary N) is 1. The van der Waals surface area contributed by atoms with Gasteiger partial charge in [-0.05, 0) is 43.9 Å². The molecule has 4 heteroatoms. The molecule has 0 aromatic heterocycles. The highest BCUT2D eigenvalue weighted by Crippen LogP contribution is 2.22. The van der Waals surface area contributed by atoms with Gasteiger partial charge < -0.3 is 15.1 Å². The van der Waals surface area contributed by atoms with Crippen LogP contribution in [0.15, 0.2) is 48.5 Å². The third-order valence-corrected chi connectivity index (χ3v) is 5.02. The van der Waals surface area contributed by atoms with Gasteiger partial charge in [-0.3, -0.25) is 0 Å². The zero-order chi connectivity index (χ0) is 18.4. The fourth-order valence-electron chi connectivity index (χ4n) is 3.55. The molecule has 1 saturated heterocycles. The first kappa shape index (κ1) is 18.3. The number of urea groups is 1. The van der Waals surface area contributed by atoms with Crippen molar-refractivity contribution < 1.29 is 4.79 Å². The Morgan fingerprint density at radius 2 is 1.73 bits per heavy atom. The number of aryl methyl sites for hydroxylation is 3. The zero-order valence-corrected chi connectivity index (χ0v) is 15.9. The van der Waals surface area contributed by atoms with Crippen LogP contribution in [0.2, 0.25) is 0 Å². The molecule has 1 heterocycles. The minimum Gasteiger partial charge on any atom is -0.368 e. The van der Waals surface area contributed by atoms with Crippen LogP contribution in [0.1, 0.15) is 23.1 Å². The van der Waals surface area contributed by atoms with E-state index in [1.165, 1.54) is 22.4 Å². The lowest BCUT2D eigenvalue weighted by Crippen LogP contribution is -2.52. The first-order chi connectivity index (χ1) is 12.6. The summed E-state index contributed by atoms with van der Waals surface area (Å²) in [5.41, 5.74) is 5.21. The molecule has 138 valence electrons.